The molecule has 0 fully saturated rings. The van der Waals surface area contributed by atoms with Crippen LogP contribution < -0.4 is 0 Å². The molecule has 0 saturated carbocycles. The average molecular weight is 302 g/mol. The zero-order valence-corrected chi connectivity index (χ0v) is 12.0. The quantitative estimate of drug-likeness (QED) is 0.551. The SMILES string of the molecule is Cn1cc(C(=O)OCc2cc3ccccc3nc2Cl)cn1. The van der Waals surface area contributed by atoms with Gasteiger partial charge in [0.15, 0.2) is 0 Å². The lowest BCUT2D eigenvalue weighted by Crippen LogP contribution is -2.05. The summed E-state index contributed by atoms with van der Waals surface area (Å²) in [6.07, 6.45) is 3.06. The first-order valence-electron chi connectivity index (χ1n) is 6.33. The number of fused-ring (bicyclic) bond motifs is 1. The molecule has 3 rings (SSSR count). The number of benzene rings is 1. The first-order valence-corrected chi connectivity index (χ1v) is 6.71. The van der Waals surface area contributed by atoms with Crippen molar-refractivity contribution in [3.05, 3.63) is 59.0 Å². The number of esters is 1. The Bertz CT molecular complexity index is 814. The number of carbonyl (C=O) groups excluding carboxylic acids is 1. The number of nitrogens with zero attached hydrogens (tertiary/aromatic N) is 3. The van der Waals surface area contributed by atoms with Crippen LogP contribution in [-0.2, 0) is 18.4 Å². The van der Waals surface area contributed by atoms with Crippen molar-refractivity contribution in [3.8, 4) is 0 Å². The van der Waals surface area contributed by atoms with Gasteiger partial charge in [-0.15, -0.1) is 0 Å². The van der Waals surface area contributed by atoms with Crippen molar-refractivity contribution in [2.75, 3.05) is 0 Å². The monoisotopic (exact) mass is 301 g/mol. The summed E-state index contributed by atoms with van der Waals surface area (Å²) in [7, 11) is 1.74. The molecule has 5 nitrogen and oxygen atoms in total. The van der Waals surface area contributed by atoms with E-state index >= 15 is 0 Å². The highest BCUT2D eigenvalue weighted by Crippen LogP contribution is 2.21. The third kappa shape index (κ3) is 2.87. The van der Waals surface area contributed by atoms with Crippen LogP contribution in [0.4, 0.5) is 0 Å². The van der Waals surface area contributed by atoms with Crippen LogP contribution in [0.25, 0.3) is 10.9 Å². The minimum absolute atomic E-state index is 0.0738. The zero-order chi connectivity index (χ0) is 14.8. The number of aromatic nitrogens is 3. The molecule has 6 heteroatoms. The van der Waals surface area contributed by atoms with Gasteiger partial charge in [-0.25, -0.2) is 9.78 Å². The van der Waals surface area contributed by atoms with E-state index in [-0.39, 0.29) is 6.61 Å². The van der Waals surface area contributed by atoms with E-state index in [4.69, 9.17) is 16.3 Å². The Hall–Kier alpha value is -2.40. The average Bonchev–Trinajstić information content (AvgIpc) is 2.91. The van der Waals surface area contributed by atoms with Gasteiger partial charge in [0.2, 0.25) is 0 Å². The second-order valence-corrected chi connectivity index (χ2v) is 4.97. The van der Waals surface area contributed by atoms with Gasteiger partial charge < -0.3 is 4.74 Å². The molecular formula is C15H12ClN3O2. The number of rotatable bonds is 3. The number of ether oxygens (including phenoxy) is 1. The molecule has 0 N–H and O–H groups in total. The molecule has 0 atom stereocenters. The molecule has 2 heterocycles. The molecule has 106 valence electrons. The predicted octanol–water partition coefficient (Wildman–Crippen LogP) is 2.98. The molecule has 0 aliphatic carbocycles. The fourth-order valence-corrected chi connectivity index (χ4v) is 2.19. The largest absolute Gasteiger partial charge is 0.457 e. The van der Waals surface area contributed by atoms with Crippen molar-refractivity contribution in [1.82, 2.24) is 14.8 Å². The van der Waals surface area contributed by atoms with Crippen LogP contribution in [-0.4, -0.2) is 20.7 Å². The summed E-state index contributed by atoms with van der Waals surface area (Å²) in [6, 6.07) is 9.51. The lowest BCUT2D eigenvalue weighted by Gasteiger charge is -2.07. The maximum atomic E-state index is 11.9. The maximum Gasteiger partial charge on any atom is 0.341 e. The summed E-state index contributed by atoms with van der Waals surface area (Å²) < 4.78 is 6.78. The maximum absolute atomic E-state index is 11.9. The summed E-state index contributed by atoms with van der Waals surface area (Å²) in [6.45, 7) is 0.0738. The Morgan fingerprint density at radius 1 is 1.38 bits per heavy atom. The summed E-state index contributed by atoms with van der Waals surface area (Å²) in [5.74, 6) is -0.438. The van der Waals surface area contributed by atoms with E-state index in [1.54, 1.807) is 17.9 Å². The fourth-order valence-electron chi connectivity index (χ4n) is 1.99. The van der Waals surface area contributed by atoms with Crippen LogP contribution in [0.1, 0.15) is 15.9 Å². The van der Waals surface area contributed by atoms with Gasteiger partial charge in [0.25, 0.3) is 0 Å². The Morgan fingerprint density at radius 2 is 2.19 bits per heavy atom. The standard InChI is InChI=1S/C15H12ClN3O2/c1-19-8-12(7-17-19)15(20)21-9-11-6-10-4-2-3-5-13(10)18-14(11)16/h2-8H,9H2,1H3. The molecule has 1 aromatic carbocycles. The minimum Gasteiger partial charge on any atom is -0.457 e. The molecule has 0 bridgehead atoms. The Balaban J connectivity index is 1.78. The Labute approximate surface area is 126 Å². The van der Waals surface area contributed by atoms with Gasteiger partial charge in [-0.05, 0) is 12.1 Å². The van der Waals surface area contributed by atoms with Gasteiger partial charge in [-0.2, -0.15) is 5.10 Å². The molecule has 0 radical (unpaired) electrons. The second kappa shape index (κ2) is 5.54. The number of carbonyl (C=O) groups is 1. The fraction of sp³-hybridized carbons (Fsp3) is 0.133. The smallest absolute Gasteiger partial charge is 0.341 e. The van der Waals surface area contributed by atoms with E-state index in [0.29, 0.717) is 16.3 Å². The summed E-state index contributed by atoms with van der Waals surface area (Å²) in [4.78, 5) is 16.2. The van der Waals surface area contributed by atoms with Crippen molar-refractivity contribution < 1.29 is 9.53 Å². The molecule has 2 aromatic heterocycles. The molecule has 0 saturated heterocycles. The van der Waals surface area contributed by atoms with Gasteiger partial charge in [0.1, 0.15) is 11.8 Å². The molecule has 0 aliphatic rings. The van der Waals surface area contributed by atoms with Crippen LogP contribution in [0.15, 0.2) is 42.7 Å². The minimum atomic E-state index is -0.438. The third-order valence-electron chi connectivity index (χ3n) is 3.05. The molecule has 0 spiro atoms. The van der Waals surface area contributed by atoms with Crippen LogP contribution in [0.5, 0.6) is 0 Å². The third-order valence-corrected chi connectivity index (χ3v) is 3.38. The number of aryl methyl sites for hydroxylation is 1. The number of pyridine rings is 1. The van der Waals surface area contributed by atoms with Crippen molar-refractivity contribution in [3.63, 3.8) is 0 Å². The Morgan fingerprint density at radius 3 is 2.95 bits per heavy atom. The predicted molar refractivity (Wildman–Crippen MR) is 79.1 cm³/mol. The van der Waals surface area contributed by atoms with Crippen molar-refractivity contribution in [2.24, 2.45) is 7.05 Å². The number of hydrogen-bond donors (Lipinski definition) is 0. The number of halogens is 1. The van der Waals surface area contributed by atoms with Crippen LogP contribution >= 0.6 is 11.6 Å². The molecular weight excluding hydrogens is 290 g/mol. The first-order chi connectivity index (χ1) is 10.1. The van der Waals surface area contributed by atoms with E-state index in [1.165, 1.54) is 6.20 Å². The molecule has 21 heavy (non-hydrogen) atoms. The molecule has 3 aromatic rings. The lowest BCUT2D eigenvalue weighted by molar-refractivity contribution is 0.0472. The van der Waals surface area contributed by atoms with E-state index in [1.807, 2.05) is 30.3 Å². The summed E-state index contributed by atoms with van der Waals surface area (Å²) in [5.41, 5.74) is 1.89. The molecule has 0 amide bonds. The van der Waals surface area contributed by atoms with E-state index in [9.17, 15) is 4.79 Å². The molecule has 0 aliphatic heterocycles. The molecule has 0 unspecified atom stereocenters. The van der Waals surface area contributed by atoms with Crippen LogP contribution in [0, 0.1) is 0 Å². The highest BCUT2D eigenvalue weighted by atomic mass is 35.5. The topological polar surface area (TPSA) is 57.0 Å². The van der Waals surface area contributed by atoms with E-state index < -0.39 is 5.97 Å². The van der Waals surface area contributed by atoms with Gasteiger partial charge in [0.05, 0.1) is 17.3 Å². The van der Waals surface area contributed by atoms with Crippen molar-refractivity contribution in [1.29, 1.82) is 0 Å². The van der Waals surface area contributed by atoms with Crippen molar-refractivity contribution >= 4 is 28.5 Å². The van der Waals surface area contributed by atoms with Crippen molar-refractivity contribution in [2.45, 2.75) is 6.61 Å². The van der Waals surface area contributed by atoms with Gasteiger partial charge >= 0.3 is 5.97 Å². The lowest BCUT2D eigenvalue weighted by atomic mass is 10.2. The highest BCUT2D eigenvalue weighted by Gasteiger charge is 2.11. The number of hydrogen-bond acceptors (Lipinski definition) is 4. The first kappa shape index (κ1) is 13.6. The van der Waals surface area contributed by atoms with Gasteiger partial charge in [-0.1, -0.05) is 29.8 Å². The van der Waals surface area contributed by atoms with Gasteiger partial charge in [-0.3, -0.25) is 4.68 Å². The highest BCUT2D eigenvalue weighted by molar-refractivity contribution is 6.30. The summed E-state index contributed by atoms with van der Waals surface area (Å²) >= 11 is 6.12. The van der Waals surface area contributed by atoms with Crippen LogP contribution in [0.3, 0.4) is 0 Å². The van der Waals surface area contributed by atoms with Gasteiger partial charge in [0, 0.05) is 24.2 Å². The summed E-state index contributed by atoms with van der Waals surface area (Å²) in [5, 5.41) is 5.22. The van der Waals surface area contributed by atoms with E-state index in [0.717, 1.165) is 10.9 Å². The van der Waals surface area contributed by atoms with E-state index in [2.05, 4.69) is 10.1 Å². The zero-order valence-electron chi connectivity index (χ0n) is 11.3. The number of para-hydroxylation sites is 1. The van der Waals surface area contributed by atoms with Crippen LogP contribution in [0.2, 0.25) is 5.15 Å². The second-order valence-electron chi connectivity index (χ2n) is 4.61. The Kier molecular flexibility index (Phi) is 3.58. The normalized spacial score (nSPS) is 10.8.